The number of carbonyl (C=O) groups is 1. The summed E-state index contributed by atoms with van der Waals surface area (Å²) < 4.78 is 53.2. The molecule has 1 aromatic carbocycles. The van der Waals surface area contributed by atoms with Crippen LogP contribution in [0.25, 0.3) is 22.0 Å². The summed E-state index contributed by atoms with van der Waals surface area (Å²) in [7, 11) is 0. The van der Waals surface area contributed by atoms with E-state index >= 15 is 0 Å². The molecule has 2 aliphatic heterocycles. The summed E-state index contributed by atoms with van der Waals surface area (Å²) in [6.07, 6.45) is 4.60. The highest BCUT2D eigenvalue weighted by molar-refractivity contribution is 6.11. The van der Waals surface area contributed by atoms with Crippen molar-refractivity contribution in [2.24, 2.45) is 0 Å². The third kappa shape index (κ3) is 5.42. The van der Waals surface area contributed by atoms with E-state index in [1.165, 1.54) is 11.1 Å². The van der Waals surface area contributed by atoms with Crippen LogP contribution in [0.1, 0.15) is 28.9 Å². The molecule has 4 aromatic rings. The Hall–Kier alpha value is -4.06. The predicted molar refractivity (Wildman–Crippen MR) is 138 cm³/mol. The Bertz CT molecular complexity index is 1500. The number of benzene rings is 1. The third-order valence-corrected chi connectivity index (χ3v) is 7.07. The molecule has 1 amide bonds. The highest BCUT2D eigenvalue weighted by atomic mass is 19.3. The molecular formula is C27H25F4N7O. The van der Waals surface area contributed by atoms with Crippen molar-refractivity contribution < 1.29 is 22.4 Å². The number of fused-ring (bicyclic) bond motifs is 1. The molecule has 2 fully saturated rings. The van der Waals surface area contributed by atoms with Crippen molar-refractivity contribution in [3.63, 3.8) is 0 Å². The molecule has 2 aliphatic rings. The SMILES string of the molecule is O=C(Nc1ccc(N2CC(F)(F)C2)nc1)c1n[nH]c2ccc(-c3cncc(CN4CCC(F)(F)CC4)c3)cc12. The second-order valence-electron chi connectivity index (χ2n) is 10.1. The van der Waals surface area contributed by atoms with E-state index in [9.17, 15) is 22.4 Å². The van der Waals surface area contributed by atoms with Gasteiger partial charge in [0, 0.05) is 55.8 Å². The number of anilines is 2. The van der Waals surface area contributed by atoms with Crippen molar-refractivity contribution in [3.05, 3.63) is 66.2 Å². The number of nitrogens with zero attached hydrogens (tertiary/aromatic N) is 5. The second-order valence-corrected chi connectivity index (χ2v) is 10.1. The van der Waals surface area contributed by atoms with Crippen LogP contribution in [0.4, 0.5) is 29.1 Å². The fourth-order valence-corrected chi connectivity index (χ4v) is 4.91. The Morgan fingerprint density at radius 1 is 0.949 bits per heavy atom. The van der Waals surface area contributed by atoms with Gasteiger partial charge in [-0.15, -0.1) is 0 Å². The summed E-state index contributed by atoms with van der Waals surface area (Å²) >= 11 is 0. The lowest BCUT2D eigenvalue weighted by Crippen LogP contribution is -2.56. The van der Waals surface area contributed by atoms with Crippen LogP contribution in [0.3, 0.4) is 0 Å². The predicted octanol–water partition coefficient (Wildman–Crippen LogP) is 4.96. The Morgan fingerprint density at radius 3 is 2.46 bits per heavy atom. The fraction of sp³-hybridized carbons (Fsp3) is 0.333. The Kier molecular flexibility index (Phi) is 6.21. The number of amides is 1. The molecule has 5 heterocycles. The van der Waals surface area contributed by atoms with Gasteiger partial charge in [0.1, 0.15) is 5.82 Å². The molecule has 12 heteroatoms. The first-order valence-electron chi connectivity index (χ1n) is 12.6. The largest absolute Gasteiger partial charge is 0.344 e. The number of aromatic amines is 1. The van der Waals surface area contributed by atoms with Gasteiger partial charge in [-0.1, -0.05) is 6.07 Å². The fourth-order valence-electron chi connectivity index (χ4n) is 4.91. The van der Waals surface area contributed by atoms with Gasteiger partial charge in [-0.05, 0) is 41.5 Å². The van der Waals surface area contributed by atoms with Crippen molar-refractivity contribution in [1.29, 1.82) is 0 Å². The summed E-state index contributed by atoms with van der Waals surface area (Å²) in [5, 5.41) is 10.4. The maximum absolute atomic E-state index is 13.5. The number of carbonyl (C=O) groups excluding carboxylic acids is 1. The standard InChI is InChI=1S/C27H25F4N7O/c28-26(29)5-7-37(8-6-26)14-17-9-19(12-32-11-17)18-1-3-22-21(10-18)24(36-35-22)25(39)34-20-2-4-23(33-13-20)38-15-27(30,31)16-38/h1-4,9-13H,5-8,14-16H2,(H,34,39)(H,35,36). The van der Waals surface area contributed by atoms with Crippen molar-refractivity contribution in [3.8, 4) is 11.1 Å². The number of H-pyrrole nitrogens is 1. The second kappa shape index (κ2) is 9.60. The number of pyridine rings is 2. The molecule has 0 atom stereocenters. The van der Waals surface area contributed by atoms with Gasteiger partial charge in [-0.25, -0.2) is 22.5 Å². The number of aromatic nitrogens is 4. The van der Waals surface area contributed by atoms with Crippen molar-refractivity contribution in [1.82, 2.24) is 25.1 Å². The number of piperidine rings is 1. The zero-order chi connectivity index (χ0) is 27.2. The molecule has 8 nitrogen and oxygen atoms in total. The lowest BCUT2D eigenvalue weighted by Gasteiger charge is -2.39. The Morgan fingerprint density at radius 2 is 1.74 bits per heavy atom. The monoisotopic (exact) mass is 539 g/mol. The van der Waals surface area contributed by atoms with E-state index in [4.69, 9.17) is 0 Å². The van der Waals surface area contributed by atoms with E-state index in [1.807, 2.05) is 29.2 Å². The normalized spacial score (nSPS) is 18.6. The van der Waals surface area contributed by atoms with Gasteiger partial charge >= 0.3 is 0 Å². The maximum atomic E-state index is 13.5. The number of rotatable bonds is 6. The highest BCUT2D eigenvalue weighted by Gasteiger charge is 2.44. The first-order valence-corrected chi connectivity index (χ1v) is 12.6. The van der Waals surface area contributed by atoms with Crippen LogP contribution in [0, 0.1) is 0 Å². The van der Waals surface area contributed by atoms with Gasteiger partial charge in [0.25, 0.3) is 17.8 Å². The van der Waals surface area contributed by atoms with Gasteiger partial charge in [0.05, 0.1) is 30.5 Å². The molecule has 0 bridgehead atoms. The number of nitrogens with one attached hydrogen (secondary N) is 2. The molecular weight excluding hydrogens is 514 g/mol. The topological polar surface area (TPSA) is 90.0 Å². The van der Waals surface area contributed by atoms with Crippen molar-refractivity contribution >= 4 is 28.3 Å². The van der Waals surface area contributed by atoms with Crippen LogP contribution < -0.4 is 10.2 Å². The Labute approximate surface area is 221 Å². The third-order valence-electron chi connectivity index (χ3n) is 7.07. The summed E-state index contributed by atoms with van der Waals surface area (Å²) in [6.45, 7) is 0.462. The minimum absolute atomic E-state index is 0.139. The van der Waals surface area contributed by atoms with E-state index in [0.29, 0.717) is 42.0 Å². The first kappa shape index (κ1) is 25.2. The van der Waals surface area contributed by atoms with Gasteiger partial charge < -0.3 is 10.2 Å². The number of halogens is 4. The summed E-state index contributed by atoms with van der Waals surface area (Å²) in [6, 6.07) is 10.7. The first-order chi connectivity index (χ1) is 18.6. The van der Waals surface area contributed by atoms with Crippen LogP contribution in [0.5, 0.6) is 0 Å². The van der Waals surface area contributed by atoms with E-state index in [1.54, 1.807) is 24.5 Å². The number of hydrogen-bond acceptors (Lipinski definition) is 6. The maximum Gasteiger partial charge on any atom is 0.282 e. The average molecular weight is 540 g/mol. The summed E-state index contributed by atoms with van der Waals surface area (Å²) in [4.78, 5) is 25.0. The van der Waals surface area contributed by atoms with E-state index in [-0.39, 0.29) is 31.6 Å². The number of alkyl halides is 4. The number of likely N-dealkylation sites (tertiary alicyclic amines) is 1. The quantitative estimate of drug-likeness (QED) is 0.337. The minimum Gasteiger partial charge on any atom is -0.344 e. The highest BCUT2D eigenvalue weighted by Crippen LogP contribution is 2.32. The van der Waals surface area contributed by atoms with Gasteiger partial charge in [0.15, 0.2) is 5.69 Å². The lowest BCUT2D eigenvalue weighted by molar-refractivity contribution is -0.0566. The molecule has 0 aliphatic carbocycles. The van der Waals surface area contributed by atoms with Gasteiger partial charge in [0.2, 0.25) is 0 Å². The minimum atomic E-state index is -2.69. The molecule has 2 saturated heterocycles. The van der Waals surface area contributed by atoms with E-state index < -0.39 is 17.8 Å². The molecule has 2 N–H and O–H groups in total. The Balaban J connectivity index is 1.16. The average Bonchev–Trinajstić information content (AvgIpc) is 3.33. The van der Waals surface area contributed by atoms with Gasteiger partial charge in [-0.3, -0.25) is 19.8 Å². The molecule has 3 aromatic heterocycles. The van der Waals surface area contributed by atoms with Crippen molar-refractivity contribution in [2.45, 2.75) is 31.2 Å². The molecule has 39 heavy (non-hydrogen) atoms. The zero-order valence-corrected chi connectivity index (χ0v) is 20.8. The lowest BCUT2D eigenvalue weighted by atomic mass is 10.0. The molecule has 0 unspecified atom stereocenters. The molecule has 0 saturated carbocycles. The molecule has 0 spiro atoms. The van der Waals surface area contributed by atoms with E-state index in [0.717, 1.165) is 16.7 Å². The van der Waals surface area contributed by atoms with Crippen molar-refractivity contribution in [2.75, 3.05) is 36.4 Å². The van der Waals surface area contributed by atoms with E-state index in [2.05, 4.69) is 25.5 Å². The van der Waals surface area contributed by atoms with Gasteiger partial charge in [-0.2, -0.15) is 5.10 Å². The zero-order valence-electron chi connectivity index (χ0n) is 20.8. The van der Waals surface area contributed by atoms with Crippen LogP contribution >= 0.6 is 0 Å². The summed E-state index contributed by atoms with van der Waals surface area (Å²) in [5.74, 6) is -5.31. The van der Waals surface area contributed by atoms with Crippen LogP contribution in [-0.4, -0.2) is 69.0 Å². The van der Waals surface area contributed by atoms with Crippen LogP contribution in [0.2, 0.25) is 0 Å². The van der Waals surface area contributed by atoms with Crippen LogP contribution in [0.15, 0.2) is 55.0 Å². The molecule has 0 radical (unpaired) electrons. The van der Waals surface area contributed by atoms with Crippen LogP contribution in [-0.2, 0) is 6.54 Å². The summed E-state index contributed by atoms with van der Waals surface area (Å²) in [5.41, 5.74) is 3.86. The smallest absolute Gasteiger partial charge is 0.282 e. The molecule has 202 valence electrons. The molecule has 6 rings (SSSR count). The number of hydrogen-bond donors (Lipinski definition) is 2.